The third-order valence-electron chi connectivity index (χ3n) is 5.73. The summed E-state index contributed by atoms with van der Waals surface area (Å²) in [6, 6.07) is 7.38. The summed E-state index contributed by atoms with van der Waals surface area (Å²) >= 11 is 0. The van der Waals surface area contributed by atoms with Gasteiger partial charge in [0.25, 0.3) is 5.56 Å². The molecule has 1 aliphatic heterocycles. The second-order valence-corrected chi connectivity index (χ2v) is 10.3. The molecule has 0 amide bonds. The molecule has 1 aromatic carbocycles. The number of nitrogens with zero attached hydrogens (tertiary/aromatic N) is 4. The van der Waals surface area contributed by atoms with Crippen LogP contribution in [0.15, 0.2) is 41.6 Å². The number of hydrogen-bond donors (Lipinski definition) is 0. The van der Waals surface area contributed by atoms with Crippen LogP contribution in [0.5, 0.6) is 5.88 Å². The number of benzene rings is 1. The number of rotatable bonds is 5. The lowest BCUT2D eigenvalue weighted by molar-refractivity contribution is 0.218. The highest BCUT2D eigenvalue weighted by Crippen LogP contribution is 2.28. The van der Waals surface area contributed by atoms with Crippen LogP contribution in [0.4, 0.5) is 0 Å². The van der Waals surface area contributed by atoms with Gasteiger partial charge in [-0.05, 0) is 56.7 Å². The lowest BCUT2D eigenvalue weighted by atomic mass is 10.0. The minimum absolute atomic E-state index is 0.0563. The zero-order chi connectivity index (χ0) is 22.2. The van der Waals surface area contributed by atoms with E-state index in [4.69, 9.17) is 4.74 Å². The molecule has 1 aliphatic rings. The van der Waals surface area contributed by atoms with E-state index in [1.165, 1.54) is 13.4 Å². The van der Waals surface area contributed by atoms with Gasteiger partial charge in [-0.15, -0.1) is 0 Å². The third-order valence-corrected chi connectivity index (χ3v) is 6.57. The normalized spacial score (nSPS) is 16.0. The summed E-state index contributed by atoms with van der Waals surface area (Å²) in [7, 11) is 0.289. The summed E-state index contributed by atoms with van der Waals surface area (Å²) in [6.07, 6.45) is 6.28. The first-order valence-electron chi connectivity index (χ1n) is 10.2. The summed E-state index contributed by atoms with van der Waals surface area (Å²) in [4.78, 5) is 24.3. The molecule has 0 aliphatic carbocycles. The van der Waals surface area contributed by atoms with Gasteiger partial charge in [-0.1, -0.05) is 6.07 Å². The molecule has 9 heteroatoms. The van der Waals surface area contributed by atoms with Gasteiger partial charge in [-0.2, -0.15) is 0 Å². The van der Waals surface area contributed by atoms with Crippen LogP contribution in [0, 0.1) is 0 Å². The number of likely N-dealkylation sites (tertiary alicyclic amines) is 1. The van der Waals surface area contributed by atoms with E-state index in [0.717, 1.165) is 37.1 Å². The van der Waals surface area contributed by atoms with Crippen molar-refractivity contribution < 1.29 is 13.2 Å². The molecule has 1 fully saturated rings. The number of methoxy groups -OCH3 is 1. The summed E-state index contributed by atoms with van der Waals surface area (Å²) in [6.45, 7) is 1.91. The molecule has 8 nitrogen and oxygen atoms in total. The molecule has 31 heavy (non-hydrogen) atoms. The number of ether oxygens (including phenoxy) is 1. The highest BCUT2D eigenvalue weighted by atomic mass is 32.2. The van der Waals surface area contributed by atoms with Crippen molar-refractivity contribution in [3.63, 3.8) is 0 Å². The standard InChI is InChI=1S/C22H26N4O4S/c1-25-8-6-18(7-9-25)26-14-24-20-5-4-15(11-19(20)22(26)27)16-10-17(13-31(3,28)29)21(30-2)23-12-16/h4-5,10-12,14,18H,6-9,13H2,1-3H3. The van der Waals surface area contributed by atoms with E-state index < -0.39 is 9.84 Å². The van der Waals surface area contributed by atoms with E-state index in [9.17, 15) is 13.2 Å². The van der Waals surface area contributed by atoms with Crippen molar-refractivity contribution in [3.8, 4) is 17.0 Å². The van der Waals surface area contributed by atoms with Gasteiger partial charge >= 0.3 is 0 Å². The van der Waals surface area contributed by atoms with Crippen molar-refractivity contribution in [2.75, 3.05) is 33.5 Å². The molecule has 0 saturated carbocycles. The van der Waals surface area contributed by atoms with Crippen LogP contribution in [-0.2, 0) is 15.6 Å². The van der Waals surface area contributed by atoms with Crippen LogP contribution in [0.1, 0.15) is 24.4 Å². The average molecular weight is 443 g/mol. The maximum Gasteiger partial charge on any atom is 0.261 e. The van der Waals surface area contributed by atoms with Crippen molar-refractivity contribution >= 4 is 20.7 Å². The van der Waals surface area contributed by atoms with E-state index >= 15 is 0 Å². The Morgan fingerprint density at radius 3 is 2.55 bits per heavy atom. The minimum Gasteiger partial charge on any atom is -0.481 e. The number of fused-ring (bicyclic) bond motifs is 1. The second-order valence-electron chi connectivity index (χ2n) is 8.19. The van der Waals surface area contributed by atoms with Gasteiger partial charge in [0.1, 0.15) is 0 Å². The fraction of sp³-hybridized carbons (Fsp3) is 0.409. The Balaban J connectivity index is 1.76. The maximum atomic E-state index is 13.2. The van der Waals surface area contributed by atoms with Crippen LogP contribution in [0.3, 0.4) is 0 Å². The van der Waals surface area contributed by atoms with Crippen LogP contribution >= 0.6 is 0 Å². The van der Waals surface area contributed by atoms with Gasteiger partial charge < -0.3 is 9.64 Å². The Morgan fingerprint density at radius 1 is 1.13 bits per heavy atom. The fourth-order valence-corrected chi connectivity index (χ4v) is 4.85. The molecule has 0 atom stereocenters. The quantitative estimate of drug-likeness (QED) is 0.598. The maximum absolute atomic E-state index is 13.2. The van der Waals surface area contributed by atoms with Crippen molar-refractivity contribution in [3.05, 3.63) is 52.7 Å². The first kappa shape index (κ1) is 21.5. The van der Waals surface area contributed by atoms with Gasteiger partial charge in [0.05, 0.1) is 30.1 Å². The molecule has 0 N–H and O–H groups in total. The van der Waals surface area contributed by atoms with E-state index in [-0.39, 0.29) is 23.2 Å². The Bertz CT molecular complexity index is 1280. The second kappa shape index (κ2) is 8.39. The van der Waals surface area contributed by atoms with E-state index in [0.29, 0.717) is 16.5 Å². The first-order valence-corrected chi connectivity index (χ1v) is 12.2. The SMILES string of the molecule is COc1ncc(-c2ccc3ncn(C4CCN(C)CC4)c(=O)c3c2)cc1CS(C)(=O)=O. The Morgan fingerprint density at radius 2 is 1.87 bits per heavy atom. The monoisotopic (exact) mass is 442 g/mol. The largest absolute Gasteiger partial charge is 0.481 e. The Hall–Kier alpha value is -2.78. The van der Waals surface area contributed by atoms with Crippen LogP contribution in [-0.4, -0.2) is 61.4 Å². The lowest BCUT2D eigenvalue weighted by Gasteiger charge is -2.30. The predicted octanol–water partition coefficient (Wildman–Crippen LogP) is 2.28. The molecule has 3 aromatic rings. The van der Waals surface area contributed by atoms with Crippen molar-refractivity contribution in [1.29, 1.82) is 0 Å². The molecule has 1 saturated heterocycles. The van der Waals surface area contributed by atoms with Crippen LogP contribution in [0.2, 0.25) is 0 Å². The van der Waals surface area contributed by atoms with Gasteiger partial charge in [0.2, 0.25) is 5.88 Å². The predicted molar refractivity (Wildman–Crippen MR) is 120 cm³/mol. The first-order chi connectivity index (χ1) is 14.7. The van der Waals surface area contributed by atoms with Gasteiger partial charge in [0.15, 0.2) is 9.84 Å². The number of pyridine rings is 1. The fourth-order valence-electron chi connectivity index (χ4n) is 4.07. The van der Waals surface area contributed by atoms with Crippen LogP contribution < -0.4 is 10.3 Å². The highest BCUT2D eigenvalue weighted by molar-refractivity contribution is 7.89. The molecule has 164 valence electrons. The summed E-state index contributed by atoms with van der Waals surface area (Å²) < 4.78 is 30.6. The number of piperidine rings is 1. The third kappa shape index (κ3) is 4.62. The van der Waals surface area contributed by atoms with Gasteiger partial charge in [0, 0.05) is 29.6 Å². The number of sulfone groups is 1. The average Bonchev–Trinajstić information content (AvgIpc) is 2.73. The highest BCUT2D eigenvalue weighted by Gasteiger charge is 2.20. The zero-order valence-electron chi connectivity index (χ0n) is 17.9. The minimum atomic E-state index is -3.26. The van der Waals surface area contributed by atoms with Crippen molar-refractivity contribution in [2.45, 2.75) is 24.6 Å². The molecule has 3 heterocycles. The molecule has 0 radical (unpaired) electrons. The molecule has 0 unspecified atom stereocenters. The molecule has 4 rings (SSSR count). The summed E-state index contributed by atoms with van der Waals surface area (Å²) in [5.74, 6) is 0.107. The smallest absolute Gasteiger partial charge is 0.261 e. The molecular formula is C22H26N4O4S. The molecule has 0 bridgehead atoms. The van der Waals surface area contributed by atoms with E-state index in [1.54, 1.807) is 23.2 Å². The summed E-state index contributed by atoms with van der Waals surface area (Å²) in [5, 5.41) is 0.541. The van der Waals surface area contributed by atoms with E-state index in [2.05, 4.69) is 21.9 Å². The van der Waals surface area contributed by atoms with E-state index in [1.807, 2.05) is 18.2 Å². The Kier molecular flexibility index (Phi) is 5.81. The Labute approximate surface area is 181 Å². The van der Waals surface area contributed by atoms with Crippen molar-refractivity contribution in [2.24, 2.45) is 0 Å². The summed E-state index contributed by atoms with van der Waals surface area (Å²) in [5.41, 5.74) is 2.56. The number of hydrogen-bond acceptors (Lipinski definition) is 7. The van der Waals surface area contributed by atoms with Crippen molar-refractivity contribution in [1.82, 2.24) is 19.4 Å². The van der Waals surface area contributed by atoms with Gasteiger partial charge in [-0.25, -0.2) is 18.4 Å². The topological polar surface area (TPSA) is 94.4 Å². The van der Waals surface area contributed by atoms with Crippen LogP contribution in [0.25, 0.3) is 22.0 Å². The zero-order valence-corrected chi connectivity index (χ0v) is 18.7. The molecule has 0 spiro atoms. The molecule has 2 aromatic heterocycles. The number of aromatic nitrogens is 3. The van der Waals surface area contributed by atoms with Gasteiger partial charge in [-0.3, -0.25) is 9.36 Å². The molecular weight excluding hydrogens is 416 g/mol. The lowest BCUT2D eigenvalue weighted by Crippen LogP contribution is -2.35.